The Kier molecular flexibility index (Phi) is 4.76. The van der Waals surface area contributed by atoms with Gasteiger partial charge in [-0.15, -0.1) is 0 Å². The molecule has 2 N–H and O–H groups in total. The standard InChI is InChI=1S/C18H19N3O3S/c1-10-7-13-16(8-11(10)2)25-18(20-13)21-17(22)19-12-5-6-14(23-3)15(9-12)24-4/h5-9H,1-4H3,(H2,19,20,21,22). The fourth-order valence-corrected chi connectivity index (χ4v) is 3.35. The van der Waals surface area contributed by atoms with Crippen LogP contribution in [0.15, 0.2) is 30.3 Å². The third-order valence-electron chi connectivity index (χ3n) is 3.87. The lowest BCUT2D eigenvalue weighted by atomic mass is 10.1. The summed E-state index contributed by atoms with van der Waals surface area (Å²) >= 11 is 1.45. The molecule has 0 aliphatic heterocycles. The van der Waals surface area contributed by atoms with Gasteiger partial charge in [0.15, 0.2) is 16.6 Å². The largest absolute Gasteiger partial charge is 0.493 e. The second-order valence-electron chi connectivity index (χ2n) is 5.57. The molecule has 0 bridgehead atoms. The van der Waals surface area contributed by atoms with E-state index in [1.165, 1.54) is 22.5 Å². The number of hydrogen-bond acceptors (Lipinski definition) is 5. The Balaban J connectivity index is 1.74. The van der Waals surface area contributed by atoms with Crippen LogP contribution in [0.1, 0.15) is 11.1 Å². The van der Waals surface area contributed by atoms with Gasteiger partial charge < -0.3 is 14.8 Å². The lowest BCUT2D eigenvalue weighted by molar-refractivity contribution is 0.262. The molecule has 0 atom stereocenters. The molecule has 7 heteroatoms. The summed E-state index contributed by atoms with van der Waals surface area (Å²) in [5, 5.41) is 6.09. The predicted molar refractivity (Wildman–Crippen MR) is 101 cm³/mol. The monoisotopic (exact) mass is 357 g/mol. The molecule has 0 saturated carbocycles. The Morgan fingerprint density at radius 3 is 2.44 bits per heavy atom. The highest BCUT2D eigenvalue weighted by molar-refractivity contribution is 7.22. The van der Waals surface area contributed by atoms with E-state index in [1.54, 1.807) is 32.4 Å². The van der Waals surface area contributed by atoms with Crippen molar-refractivity contribution in [2.45, 2.75) is 13.8 Å². The number of amides is 2. The first-order valence-corrected chi connectivity index (χ1v) is 8.49. The SMILES string of the molecule is COc1ccc(NC(=O)Nc2nc3cc(C)c(C)cc3s2)cc1OC. The van der Waals surface area contributed by atoms with E-state index < -0.39 is 0 Å². The Bertz CT molecular complexity index is 898. The van der Waals surface area contributed by atoms with E-state index in [0.717, 1.165) is 10.2 Å². The van der Waals surface area contributed by atoms with Crippen LogP contribution in [-0.4, -0.2) is 25.2 Å². The normalized spacial score (nSPS) is 10.6. The minimum absolute atomic E-state index is 0.361. The Hall–Kier alpha value is -2.80. The van der Waals surface area contributed by atoms with Gasteiger partial charge in [-0.05, 0) is 49.2 Å². The van der Waals surface area contributed by atoms with Crippen LogP contribution in [0.3, 0.4) is 0 Å². The van der Waals surface area contributed by atoms with Crippen LogP contribution >= 0.6 is 11.3 Å². The average molecular weight is 357 g/mol. The summed E-state index contributed by atoms with van der Waals surface area (Å²) in [6.45, 7) is 4.11. The van der Waals surface area contributed by atoms with Crippen molar-refractivity contribution in [3.05, 3.63) is 41.5 Å². The molecule has 3 aromatic rings. The van der Waals surface area contributed by atoms with Crippen LogP contribution in [0.4, 0.5) is 15.6 Å². The number of thiazole rings is 1. The van der Waals surface area contributed by atoms with E-state index in [4.69, 9.17) is 9.47 Å². The van der Waals surface area contributed by atoms with Crippen LogP contribution in [-0.2, 0) is 0 Å². The van der Waals surface area contributed by atoms with E-state index in [1.807, 2.05) is 13.0 Å². The van der Waals surface area contributed by atoms with Gasteiger partial charge in [0.1, 0.15) is 0 Å². The van der Waals surface area contributed by atoms with Gasteiger partial charge in [-0.1, -0.05) is 11.3 Å². The smallest absolute Gasteiger partial charge is 0.325 e. The summed E-state index contributed by atoms with van der Waals surface area (Å²) in [5.41, 5.74) is 3.87. The molecule has 25 heavy (non-hydrogen) atoms. The number of carbonyl (C=O) groups is 1. The average Bonchev–Trinajstić information content (AvgIpc) is 2.95. The second-order valence-corrected chi connectivity index (χ2v) is 6.60. The van der Waals surface area contributed by atoms with Crippen LogP contribution < -0.4 is 20.1 Å². The van der Waals surface area contributed by atoms with Gasteiger partial charge >= 0.3 is 6.03 Å². The number of nitrogens with one attached hydrogen (secondary N) is 2. The number of aryl methyl sites for hydroxylation is 2. The summed E-state index contributed by atoms with van der Waals surface area (Å²) in [5.74, 6) is 1.15. The van der Waals surface area contributed by atoms with Crippen LogP contribution in [0.2, 0.25) is 0 Å². The van der Waals surface area contributed by atoms with Gasteiger partial charge in [0.25, 0.3) is 0 Å². The van der Waals surface area contributed by atoms with Gasteiger partial charge in [-0.25, -0.2) is 9.78 Å². The Morgan fingerprint density at radius 2 is 1.72 bits per heavy atom. The minimum Gasteiger partial charge on any atom is -0.493 e. The third-order valence-corrected chi connectivity index (χ3v) is 4.80. The number of ether oxygens (including phenoxy) is 2. The summed E-state index contributed by atoms with van der Waals surface area (Å²) in [7, 11) is 3.11. The van der Waals surface area contributed by atoms with Crippen LogP contribution in [0.25, 0.3) is 10.2 Å². The maximum absolute atomic E-state index is 12.2. The highest BCUT2D eigenvalue weighted by Crippen LogP contribution is 2.30. The predicted octanol–water partition coefficient (Wildman–Crippen LogP) is 4.57. The molecule has 2 amide bonds. The quantitative estimate of drug-likeness (QED) is 0.717. The van der Waals surface area contributed by atoms with E-state index in [2.05, 4.69) is 28.6 Å². The van der Waals surface area contributed by atoms with Gasteiger partial charge in [0, 0.05) is 11.8 Å². The van der Waals surface area contributed by atoms with Crippen LogP contribution in [0.5, 0.6) is 11.5 Å². The number of fused-ring (bicyclic) bond motifs is 1. The van der Waals surface area contributed by atoms with Gasteiger partial charge in [0.05, 0.1) is 24.4 Å². The lowest BCUT2D eigenvalue weighted by Gasteiger charge is -2.10. The minimum atomic E-state index is -0.361. The van der Waals surface area contributed by atoms with Gasteiger partial charge in [0.2, 0.25) is 0 Å². The molecule has 0 aliphatic rings. The van der Waals surface area contributed by atoms with Crippen molar-refractivity contribution in [2.24, 2.45) is 0 Å². The Labute approximate surface area is 149 Å². The molecule has 1 heterocycles. The molecule has 6 nitrogen and oxygen atoms in total. The maximum atomic E-state index is 12.2. The summed E-state index contributed by atoms with van der Waals surface area (Å²) in [6, 6.07) is 8.92. The maximum Gasteiger partial charge on any atom is 0.325 e. The van der Waals surface area contributed by atoms with Gasteiger partial charge in [-0.2, -0.15) is 0 Å². The summed E-state index contributed by atoms with van der Waals surface area (Å²) in [4.78, 5) is 16.7. The molecule has 1 aromatic heterocycles. The molecule has 0 saturated heterocycles. The molecule has 0 aliphatic carbocycles. The van der Waals surface area contributed by atoms with Crippen LogP contribution in [0, 0.1) is 13.8 Å². The molecule has 3 rings (SSSR count). The zero-order valence-corrected chi connectivity index (χ0v) is 15.3. The van der Waals surface area contributed by atoms with Crippen molar-refractivity contribution in [1.29, 1.82) is 0 Å². The molecule has 0 radical (unpaired) electrons. The Morgan fingerprint density at radius 1 is 1.00 bits per heavy atom. The highest BCUT2D eigenvalue weighted by Gasteiger charge is 2.11. The number of carbonyl (C=O) groups excluding carboxylic acids is 1. The number of urea groups is 1. The molecule has 130 valence electrons. The van der Waals surface area contributed by atoms with Crippen molar-refractivity contribution in [1.82, 2.24) is 4.98 Å². The number of hydrogen-bond donors (Lipinski definition) is 2. The van der Waals surface area contributed by atoms with Crippen molar-refractivity contribution in [3.8, 4) is 11.5 Å². The fourth-order valence-electron chi connectivity index (χ4n) is 2.41. The van der Waals surface area contributed by atoms with Gasteiger partial charge in [-0.3, -0.25) is 5.32 Å². The van der Waals surface area contributed by atoms with E-state index >= 15 is 0 Å². The van der Waals surface area contributed by atoms with E-state index in [9.17, 15) is 4.79 Å². The van der Waals surface area contributed by atoms with E-state index in [0.29, 0.717) is 22.3 Å². The number of aromatic nitrogens is 1. The zero-order valence-electron chi connectivity index (χ0n) is 14.5. The molecule has 0 spiro atoms. The molecular weight excluding hydrogens is 338 g/mol. The lowest BCUT2D eigenvalue weighted by Crippen LogP contribution is -2.19. The molecule has 0 fully saturated rings. The summed E-state index contributed by atoms with van der Waals surface area (Å²) < 4.78 is 11.5. The number of methoxy groups -OCH3 is 2. The molecule has 0 unspecified atom stereocenters. The van der Waals surface area contributed by atoms with Crippen molar-refractivity contribution in [3.63, 3.8) is 0 Å². The number of nitrogens with zero attached hydrogens (tertiary/aromatic N) is 1. The zero-order chi connectivity index (χ0) is 18.0. The molecule has 2 aromatic carbocycles. The van der Waals surface area contributed by atoms with Crippen molar-refractivity contribution >= 4 is 38.4 Å². The van der Waals surface area contributed by atoms with Crippen molar-refractivity contribution < 1.29 is 14.3 Å². The first-order valence-electron chi connectivity index (χ1n) is 7.68. The van der Waals surface area contributed by atoms with Crippen molar-refractivity contribution in [2.75, 3.05) is 24.9 Å². The third kappa shape index (κ3) is 3.66. The second kappa shape index (κ2) is 6.98. The van der Waals surface area contributed by atoms with E-state index in [-0.39, 0.29) is 6.03 Å². The first kappa shape index (κ1) is 17.0. The fraction of sp³-hybridized carbons (Fsp3) is 0.222. The molecular formula is C18H19N3O3S. The number of rotatable bonds is 4. The summed E-state index contributed by atoms with van der Waals surface area (Å²) in [6.07, 6.45) is 0. The topological polar surface area (TPSA) is 72.5 Å². The first-order chi connectivity index (χ1) is 12.0. The number of anilines is 2. The highest BCUT2D eigenvalue weighted by atomic mass is 32.1. The number of benzene rings is 2.